The number of hydrogen-bond donors (Lipinski definition) is 0. The maximum absolute atomic E-state index is 13.3. The highest BCUT2D eigenvalue weighted by Gasteiger charge is 2.15. The van der Waals surface area contributed by atoms with Crippen LogP contribution in [0.1, 0.15) is 22.2 Å². The highest BCUT2D eigenvalue weighted by molar-refractivity contribution is 7.09. The molecule has 3 rings (SSSR count). The number of ether oxygens (including phenoxy) is 2. The van der Waals surface area contributed by atoms with Gasteiger partial charge in [-0.2, -0.15) is 4.99 Å². The molecule has 1 heterocycles. The van der Waals surface area contributed by atoms with Crippen molar-refractivity contribution in [2.75, 3.05) is 14.2 Å². The van der Waals surface area contributed by atoms with Gasteiger partial charge in [0.2, 0.25) is 0 Å². The van der Waals surface area contributed by atoms with Crippen LogP contribution in [0.15, 0.2) is 47.5 Å². The summed E-state index contributed by atoms with van der Waals surface area (Å²) in [4.78, 5) is 18.7. The van der Waals surface area contributed by atoms with Gasteiger partial charge in [0, 0.05) is 17.5 Å². The van der Waals surface area contributed by atoms with Crippen molar-refractivity contribution in [1.29, 1.82) is 0 Å². The number of halogens is 1. The van der Waals surface area contributed by atoms with E-state index < -0.39 is 0 Å². The lowest BCUT2D eigenvalue weighted by Crippen LogP contribution is -2.14. The number of aryl methyl sites for hydroxylation is 1. The summed E-state index contributed by atoms with van der Waals surface area (Å²) in [5.74, 6) is 0.368. The summed E-state index contributed by atoms with van der Waals surface area (Å²) in [6.07, 6.45) is 0.783. The van der Waals surface area contributed by atoms with Crippen LogP contribution in [0.5, 0.6) is 11.5 Å². The monoisotopic (exact) mass is 400 g/mol. The van der Waals surface area contributed by atoms with Gasteiger partial charge in [0.1, 0.15) is 5.82 Å². The fraction of sp³-hybridized carbons (Fsp3) is 0.238. The van der Waals surface area contributed by atoms with E-state index in [-0.39, 0.29) is 11.7 Å². The summed E-state index contributed by atoms with van der Waals surface area (Å²) in [6, 6.07) is 11.3. The first-order valence-corrected chi connectivity index (χ1v) is 9.55. The smallest absolute Gasteiger partial charge is 0.279 e. The van der Waals surface area contributed by atoms with Gasteiger partial charge in [0.15, 0.2) is 16.3 Å². The Kier molecular flexibility index (Phi) is 5.94. The van der Waals surface area contributed by atoms with Crippen molar-refractivity contribution in [3.05, 3.63) is 63.5 Å². The Labute approximate surface area is 166 Å². The summed E-state index contributed by atoms with van der Waals surface area (Å²) >= 11 is 1.45. The Morgan fingerprint density at radius 3 is 2.39 bits per heavy atom. The number of aromatic nitrogens is 1. The molecule has 7 heteroatoms. The second-order valence-electron chi connectivity index (χ2n) is 6.06. The molecule has 0 radical (unpaired) electrons. The molecule has 0 bridgehead atoms. The van der Waals surface area contributed by atoms with Gasteiger partial charge < -0.3 is 14.0 Å². The van der Waals surface area contributed by atoms with Crippen molar-refractivity contribution in [2.24, 2.45) is 12.0 Å². The van der Waals surface area contributed by atoms with Gasteiger partial charge in [-0.3, -0.25) is 4.79 Å². The fourth-order valence-corrected chi connectivity index (χ4v) is 4.00. The Balaban J connectivity index is 2.05. The van der Waals surface area contributed by atoms with Gasteiger partial charge in [0.25, 0.3) is 5.91 Å². The van der Waals surface area contributed by atoms with Crippen LogP contribution in [0.4, 0.5) is 4.39 Å². The molecular weight excluding hydrogens is 379 g/mol. The average Bonchev–Trinajstić information content (AvgIpc) is 3.03. The van der Waals surface area contributed by atoms with E-state index in [4.69, 9.17) is 9.47 Å². The van der Waals surface area contributed by atoms with Crippen LogP contribution in [0, 0.1) is 5.82 Å². The minimum Gasteiger partial charge on any atom is -0.493 e. The van der Waals surface area contributed by atoms with Crippen LogP contribution in [-0.2, 0) is 13.5 Å². The van der Waals surface area contributed by atoms with Gasteiger partial charge in [-0.1, -0.05) is 6.92 Å². The van der Waals surface area contributed by atoms with Crippen LogP contribution < -0.4 is 14.3 Å². The summed E-state index contributed by atoms with van der Waals surface area (Å²) in [7, 11) is 4.92. The zero-order valence-electron chi connectivity index (χ0n) is 16.2. The molecule has 28 heavy (non-hydrogen) atoms. The molecule has 0 aliphatic carbocycles. The van der Waals surface area contributed by atoms with Gasteiger partial charge in [-0.15, -0.1) is 11.3 Å². The summed E-state index contributed by atoms with van der Waals surface area (Å²) < 4.78 is 25.6. The lowest BCUT2D eigenvalue weighted by Gasteiger charge is -2.07. The van der Waals surface area contributed by atoms with Crippen LogP contribution >= 0.6 is 11.3 Å². The zero-order chi connectivity index (χ0) is 20.3. The van der Waals surface area contributed by atoms with Crippen molar-refractivity contribution in [1.82, 2.24) is 4.57 Å². The highest BCUT2D eigenvalue weighted by Crippen LogP contribution is 2.28. The molecule has 0 unspecified atom stereocenters. The summed E-state index contributed by atoms with van der Waals surface area (Å²) in [5, 5.41) is 0. The first-order chi connectivity index (χ1) is 13.5. The highest BCUT2D eigenvalue weighted by atomic mass is 32.1. The maximum Gasteiger partial charge on any atom is 0.279 e. The Morgan fingerprint density at radius 1 is 1.11 bits per heavy atom. The molecule has 1 aromatic heterocycles. The van der Waals surface area contributed by atoms with Crippen molar-refractivity contribution < 1.29 is 18.7 Å². The maximum atomic E-state index is 13.3. The molecule has 0 N–H and O–H groups in total. The number of methoxy groups -OCH3 is 2. The number of carbonyl (C=O) groups is 1. The number of hydrogen-bond acceptors (Lipinski definition) is 4. The normalized spacial score (nSPS) is 11.5. The van der Waals surface area contributed by atoms with E-state index in [1.165, 1.54) is 30.6 Å². The number of benzene rings is 2. The SMILES string of the molecule is CCc1sc(=NC(=O)c2ccc(OC)c(OC)c2)n(C)c1-c1ccc(F)cc1. The number of nitrogens with zero attached hydrogens (tertiary/aromatic N) is 2. The number of rotatable bonds is 5. The Bertz CT molecular complexity index is 1070. The van der Waals surface area contributed by atoms with Crippen molar-refractivity contribution >= 4 is 17.2 Å². The van der Waals surface area contributed by atoms with Gasteiger partial charge in [0.05, 0.1) is 19.9 Å². The van der Waals surface area contributed by atoms with Gasteiger partial charge in [-0.25, -0.2) is 4.39 Å². The standard InChI is InChI=1S/C21H21FN2O3S/c1-5-18-19(13-6-9-15(22)10-7-13)24(2)21(28-18)23-20(25)14-8-11-16(26-3)17(12-14)27-4/h6-12H,5H2,1-4H3. The van der Waals surface area contributed by atoms with Gasteiger partial charge >= 0.3 is 0 Å². The Morgan fingerprint density at radius 2 is 1.79 bits per heavy atom. The molecule has 3 aromatic rings. The molecule has 5 nitrogen and oxygen atoms in total. The van der Waals surface area contributed by atoms with Crippen LogP contribution in [0.25, 0.3) is 11.3 Å². The molecule has 0 fully saturated rings. The van der Waals surface area contributed by atoms with Crippen molar-refractivity contribution in [3.63, 3.8) is 0 Å². The lowest BCUT2D eigenvalue weighted by atomic mass is 10.1. The summed E-state index contributed by atoms with van der Waals surface area (Å²) in [5.41, 5.74) is 2.23. The van der Waals surface area contributed by atoms with Gasteiger partial charge in [-0.05, 0) is 54.4 Å². The van der Waals surface area contributed by atoms with E-state index in [9.17, 15) is 9.18 Å². The predicted molar refractivity (Wildman–Crippen MR) is 108 cm³/mol. The first-order valence-electron chi connectivity index (χ1n) is 8.74. The van der Waals surface area contributed by atoms with E-state index in [0.29, 0.717) is 21.9 Å². The molecule has 0 spiro atoms. The molecule has 2 aromatic carbocycles. The third kappa shape index (κ3) is 3.84. The van der Waals surface area contributed by atoms with Crippen LogP contribution in [-0.4, -0.2) is 24.7 Å². The molecule has 1 amide bonds. The largest absolute Gasteiger partial charge is 0.493 e. The fourth-order valence-electron chi connectivity index (χ4n) is 2.93. The van der Waals surface area contributed by atoms with Crippen LogP contribution in [0.3, 0.4) is 0 Å². The first kappa shape index (κ1) is 19.8. The minimum atomic E-state index is -0.369. The van der Waals surface area contributed by atoms with E-state index in [2.05, 4.69) is 4.99 Å². The summed E-state index contributed by atoms with van der Waals surface area (Å²) in [6.45, 7) is 2.04. The predicted octanol–water partition coefficient (Wildman–Crippen LogP) is 4.21. The average molecular weight is 400 g/mol. The molecule has 0 saturated heterocycles. The molecule has 0 aliphatic heterocycles. The minimum absolute atomic E-state index is 0.284. The van der Waals surface area contributed by atoms with E-state index in [1.807, 2.05) is 18.5 Å². The quantitative estimate of drug-likeness (QED) is 0.645. The molecule has 0 atom stereocenters. The topological polar surface area (TPSA) is 52.8 Å². The third-order valence-electron chi connectivity index (χ3n) is 4.37. The Hall–Kier alpha value is -2.93. The second kappa shape index (κ2) is 8.39. The van der Waals surface area contributed by atoms with E-state index in [1.54, 1.807) is 37.4 Å². The van der Waals surface area contributed by atoms with E-state index in [0.717, 1.165) is 22.6 Å². The molecule has 0 saturated carbocycles. The molecule has 146 valence electrons. The van der Waals surface area contributed by atoms with Crippen molar-refractivity contribution in [3.8, 4) is 22.8 Å². The molecular formula is C21H21FN2O3S. The second-order valence-corrected chi connectivity index (χ2v) is 7.12. The van der Waals surface area contributed by atoms with E-state index >= 15 is 0 Å². The molecule has 0 aliphatic rings. The number of carbonyl (C=O) groups excluding carboxylic acids is 1. The number of thiazole rings is 1. The van der Waals surface area contributed by atoms with Crippen molar-refractivity contribution in [2.45, 2.75) is 13.3 Å². The number of amides is 1. The third-order valence-corrected chi connectivity index (χ3v) is 5.64. The lowest BCUT2D eigenvalue weighted by molar-refractivity contribution is 0.0997. The van der Waals surface area contributed by atoms with Crippen LogP contribution in [0.2, 0.25) is 0 Å². The zero-order valence-corrected chi connectivity index (χ0v) is 17.0.